The van der Waals surface area contributed by atoms with Crippen molar-refractivity contribution in [2.75, 3.05) is 25.5 Å². The summed E-state index contributed by atoms with van der Waals surface area (Å²) in [5, 5.41) is 1.15. The van der Waals surface area contributed by atoms with Gasteiger partial charge < -0.3 is 4.90 Å². The van der Waals surface area contributed by atoms with Gasteiger partial charge in [-0.05, 0) is 37.4 Å². The van der Waals surface area contributed by atoms with Crippen LogP contribution in [-0.2, 0) is 6.42 Å². The zero-order valence-electron chi connectivity index (χ0n) is 12.7. The molecule has 1 aliphatic rings. The highest BCUT2D eigenvalue weighted by Crippen LogP contribution is 2.37. The maximum atomic E-state index is 4.41. The van der Waals surface area contributed by atoms with E-state index in [2.05, 4.69) is 45.0 Å². The summed E-state index contributed by atoms with van der Waals surface area (Å²) in [6.07, 6.45) is 11.4. The Hall–Kier alpha value is -0.410. The normalized spacial score (nSPS) is 18.9. The molecule has 0 unspecified atom stereocenters. The number of aromatic nitrogens is 1. The smallest absolute Gasteiger partial charge is 0.0416 e. The van der Waals surface area contributed by atoms with Crippen LogP contribution in [0.25, 0.3) is 0 Å². The van der Waals surface area contributed by atoms with Crippen LogP contribution in [0, 0.1) is 5.41 Å². The highest BCUT2D eigenvalue weighted by molar-refractivity contribution is 9.09. The minimum absolute atomic E-state index is 0.495. The molecule has 0 radical (unpaired) electrons. The average molecular weight is 339 g/mol. The van der Waals surface area contributed by atoms with E-state index in [1.807, 2.05) is 12.3 Å². The first-order chi connectivity index (χ1) is 9.74. The summed E-state index contributed by atoms with van der Waals surface area (Å²) >= 11 is 3.79. The quantitative estimate of drug-likeness (QED) is 0.568. The molecule has 112 valence electrons. The molecule has 2 nitrogen and oxygen atoms in total. The van der Waals surface area contributed by atoms with E-state index in [0.717, 1.165) is 18.3 Å². The minimum atomic E-state index is 0.495. The van der Waals surface area contributed by atoms with E-state index in [0.29, 0.717) is 5.41 Å². The highest BCUT2D eigenvalue weighted by Gasteiger charge is 2.30. The molecule has 1 aromatic rings. The molecule has 0 aromatic carbocycles. The summed E-state index contributed by atoms with van der Waals surface area (Å²) in [6, 6.07) is 6.19. The van der Waals surface area contributed by atoms with E-state index >= 15 is 0 Å². The number of halogens is 1. The predicted molar refractivity (Wildman–Crippen MR) is 89.4 cm³/mol. The fraction of sp³-hybridized carbons (Fsp3) is 0.706. The number of hydrogen-bond acceptors (Lipinski definition) is 2. The van der Waals surface area contributed by atoms with E-state index in [1.54, 1.807) is 0 Å². The lowest BCUT2D eigenvalue weighted by Gasteiger charge is -2.35. The molecule has 1 saturated carbocycles. The lowest BCUT2D eigenvalue weighted by Crippen LogP contribution is -2.37. The Labute approximate surface area is 132 Å². The molecule has 0 spiro atoms. The summed E-state index contributed by atoms with van der Waals surface area (Å²) < 4.78 is 0. The lowest BCUT2D eigenvalue weighted by atomic mass is 9.82. The Morgan fingerprint density at radius 2 is 1.95 bits per heavy atom. The maximum absolute atomic E-state index is 4.41. The number of rotatable bonds is 6. The Balaban J connectivity index is 1.83. The van der Waals surface area contributed by atoms with Crippen LogP contribution >= 0.6 is 15.9 Å². The van der Waals surface area contributed by atoms with Gasteiger partial charge in [0.1, 0.15) is 0 Å². The van der Waals surface area contributed by atoms with Gasteiger partial charge >= 0.3 is 0 Å². The van der Waals surface area contributed by atoms with Crippen LogP contribution in [0.1, 0.15) is 44.2 Å². The molecule has 20 heavy (non-hydrogen) atoms. The maximum Gasteiger partial charge on any atom is 0.0416 e. The van der Waals surface area contributed by atoms with Crippen LogP contribution in [0.4, 0.5) is 0 Å². The van der Waals surface area contributed by atoms with Crippen molar-refractivity contribution in [2.24, 2.45) is 5.41 Å². The minimum Gasteiger partial charge on any atom is -0.305 e. The van der Waals surface area contributed by atoms with Crippen molar-refractivity contribution in [1.82, 2.24) is 9.88 Å². The Bertz CT molecular complexity index is 372. The predicted octanol–water partition coefficient (Wildman–Crippen LogP) is 4.29. The van der Waals surface area contributed by atoms with Gasteiger partial charge in [-0.25, -0.2) is 0 Å². The lowest BCUT2D eigenvalue weighted by molar-refractivity contribution is 0.177. The van der Waals surface area contributed by atoms with Crippen LogP contribution in [-0.4, -0.2) is 35.4 Å². The number of nitrogens with zero attached hydrogens (tertiary/aromatic N) is 2. The topological polar surface area (TPSA) is 16.1 Å². The second-order valence-electron chi connectivity index (χ2n) is 6.36. The third kappa shape index (κ3) is 4.85. The van der Waals surface area contributed by atoms with E-state index in [9.17, 15) is 0 Å². The van der Waals surface area contributed by atoms with Crippen LogP contribution in [0.15, 0.2) is 24.4 Å². The number of hydrogen-bond donors (Lipinski definition) is 0. The van der Waals surface area contributed by atoms with E-state index in [4.69, 9.17) is 0 Å². The first-order valence-electron chi connectivity index (χ1n) is 7.89. The van der Waals surface area contributed by atoms with Crippen molar-refractivity contribution in [1.29, 1.82) is 0 Å². The van der Waals surface area contributed by atoms with Gasteiger partial charge in [0.05, 0.1) is 0 Å². The third-order valence-electron chi connectivity index (χ3n) is 4.53. The Morgan fingerprint density at radius 1 is 1.20 bits per heavy atom. The number of alkyl halides is 1. The first-order valence-corrected chi connectivity index (χ1v) is 9.01. The Morgan fingerprint density at radius 3 is 2.55 bits per heavy atom. The molecule has 0 amide bonds. The van der Waals surface area contributed by atoms with Crippen LogP contribution < -0.4 is 0 Å². The van der Waals surface area contributed by atoms with Gasteiger partial charge in [0, 0.05) is 36.7 Å². The van der Waals surface area contributed by atoms with E-state index < -0.39 is 0 Å². The second-order valence-corrected chi connectivity index (χ2v) is 6.92. The van der Waals surface area contributed by atoms with Gasteiger partial charge in [-0.3, -0.25) is 4.98 Å². The molecule has 0 atom stereocenters. The average Bonchev–Trinajstić information content (AvgIpc) is 2.72. The van der Waals surface area contributed by atoms with Crippen LogP contribution in [0.3, 0.4) is 0 Å². The highest BCUT2D eigenvalue weighted by atomic mass is 79.9. The van der Waals surface area contributed by atoms with Gasteiger partial charge in [0.2, 0.25) is 0 Å². The molecule has 3 heteroatoms. The van der Waals surface area contributed by atoms with Crippen molar-refractivity contribution in [2.45, 2.75) is 44.9 Å². The molecule has 0 bridgehead atoms. The van der Waals surface area contributed by atoms with Gasteiger partial charge in [-0.1, -0.05) is 47.7 Å². The van der Waals surface area contributed by atoms with Crippen LogP contribution in [0.5, 0.6) is 0 Å². The van der Waals surface area contributed by atoms with E-state index in [-0.39, 0.29) is 0 Å². The van der Waals surface area contributed by atoms with Crippen molar-refractivity contribution >= 4 is 15.9 Å². The molecular formula is C17H27BrN2. The Kier molecular flexibility index (Phi) is 6.50. The summed E-state index contributed by atoms with van der Waals surface area (Å²) in [6.45, 7) is 2.32. The standard InChI is InChI=1S/C17H27BrN2/c1-20(13-9-16-8-4-7-12-19-16)15-17(14-18)10-5-2-3-6-11-17/h4,7-8,12H,2-3,5-6,9-11,13-15H2,1H3. The molecule has 0 saturated heterocycles. The molecule has 0 aliphatic heterocycles. The first kappa shape index (κ1) is 16.0. The molecule has 1 aliphatic carbocycles. The van der Waals surface area contributed by atoms with Crippen molar-refractivity contribution in [3.05, 3.63) is 30.1 Å². The fourth-order valence-electron chi connectivity index (χ4n) is 3.32. The molecule has 1 fully saturated rings. The van der Waals surface area contributed by atoms with Crippen LogP contribution in [0.2, 0.25) is 0 Å². The van der Waals surface area contributed by atoms with Gasteiger partial charge in [0.15, 0.2) is 0 Å². The van der Waals surface area contributed by atoms with Gasteiger partial charge in [-0.15, -0.1) is 0 Å². The summed E-state index contributed by atoms with van der Waals surface area (Å²) in [5.41, 5.74) is 1.70. The fourth-order valence-corrected chi connectivity index (χ4v) is 4.05. The molecule has 1 heterocycles. The summed E-state index contributed by atoms with van der Waals surface area (Å²) in [7, 11) is 2.26. The number of pyridine rings is 1. The molecule has 1 aromatic heterocycles. The van der Waals surface area contributed by atoms with Crippen molar-refractivity contribution < 1.29 is 0 Å². The molecule has 0 N–H and O–H groups in total. The third-order valence-corrected chi connectivity index (χ3v) is 5.72. The molecule has 2 rings (SSSR count). The summed E-state index contributed by atoms with van der Waals surface area (Å²) in [4.78, 5) is 6.92. The SMILES string of the molecule is CN(CCc1ccccn1)CC1(CBr)CCCCCC1. The number of likely N-dealkylation sites (N-methyl/N-ethyl adjacent to an activating group) is 1. The van der Waals surface area contributed by atoms with E-state index in [1.165, 1.54) is 50.8 Å². The summed E-state index contributed by atoms with van der Waals surface area (Å²) in [5.74, 6) is 0. The largest absolute Gasteiger partial charge is 0.305 e. The molecular weight excluding hydrogens is 312 g/mol. The second kappa shape index (κ2) is 8.14. The zero-order chi connectivity index (χ0) is 14.3. The van der Waals surface area contributed by atoms with Crippen molar-refractivity contribution in [3.8, 4) is 0 Å². The zero-order valence-corrected chi connectivity index (χ0v) is 14.2. The van der Waals surface area contributed by atoms with Gasteiger partial charge in [0.25, 0.3) is 0 Å². The van der Waals surface area contributed by atoms with Gasteiger partial charge in [-0.2, -0.15) is 0 Å². The van der Waals surface area contributed by atoms with Crippen molar-refractivity contribution in [3.63, 3.8) is 0 Å². The monoisotopic (exact) mass is 338 g/mol.